The molecule has 0 unspecified atom stereocenters. The molecule has 2 aliphatic heterocycles. The van der Waals surface area contributed by atoms with E-state index in [2.05, 4.69) is 15.2 Å². The fourth-order valence-corrected chi connectivity index (χ4v) is 3.50. The molecule has 26 heavy (non-hydrogen) atoms. The lowest BCUT2D eigenvalue weighted by atomic mass is 10.0. The van der Waals surface area contributed by atoms with E-state index >= 15 is 0 Å². The van der Waals surface area contributed by atoms with E-state index in [9.17, 15) is 0 Å². The SMILES string of the molecule is COc1ccccc1Nc1nc(C)cc(N2CCC3(CC2)OCCO3)n1. The quantitative estimate of drug-likeness (QED) is 0.903. The Morgan fingerprint density at radius 1 is 1.12 bits per heavy atom. The number of nitrogens with zero attached hydrogens (tertiary/aromatic N) is 3. The molecule has 7 nitrogen and oxygen atoms in total. The predicted molar refractivity (Wildman–Crippen MR) is 99.1 cm³/mol. The van der Waals surface area contributed by atoms with Crippen LogP contribution in [0.3, 0.4) is 0 Å². The van der Waals surface area contributed by atoms with Crippen LogP contribution in [0.15, 0.2) is 30.3 Å². The van der Waals surface area contributed by atoms with Crippen LogP contribution in [0.5, 0.6) is 5.75 Å². The maximum Gasteiger partial charge on any atom is 0.229 e. The Labute approximate surface area is 153 Å². The second kappa shape index (κ2) is 7.09. The second-order valence-electron chi connectivity index (χ2n) is 6.61. The molecule has 0 bridgehead atoms. The Hall–Kier alpha value is -2.38. The molecule has 0 atom stereocenters. The fraction of sp³-hybridized carbons (Fsp3) is 0.474. The summed E-state index contributed by atoms with van der Waals surface area (Å²) in [6.45, 7) is 5.07. The molecule has 1 aromatic carbocycles. The smallest absolute Gasteiger partial charge is 0.229 e. The summed E-state index contributed by atoms with van der Waals surface area (Å²) in [5.41, 5.74) is 1.76. The molecule has 2 fully saturated rings. The van der Waals surface area contributed by atoms with E-state index in [0.717, 1.165) is 48.9 Å². The normalized spacial score (nSPS) is 18.9. The van der Waals surface area contributed by atoms with Crippen LogP contribution in [-0.2, 0) is 9.47 Å². The topological polar surface area (TPSA) is 68.7 Å². The zero-order valence-corrected chi connectivity index (χ0v) is 15.2. The largest absolute Gasteiger partial charge is 0.495 e. The maximum atomic E-state index is 5.81. The summed E-state index contributed by atoms with van der Waals surface area (Å²) in [5, 5.41) is 3.27. The molecule has 1 N–H and O–H groups in total. The van der Waals surface area contributed by atoms with Crippen LogP contribution in [-0.4, -0.2) is 49.2 Å². The van der Waals surface area contributed by atoms with E-state index in [1.165, 1.54) is 0 Å². The number of nitrogens with one attached hydrogen (secondary N) is 1. The third kappa shape index (κ3) is 3.45. The Kier molecular flexibility index (Phi) is 4.65. The molecule has 2 saturated heterocycles. The van der Waals surface area contributed by atoms with Gasteiger partial charge in [-0.05, 0) is 19.1 Å². The van der Waals surface area contributed by atoms with Crippen LogP contribution in [0.1, 0.15) is 18.5 Å². The van der Waals surface area contributed by atoms with Crippen LogP contribution in [0.4, 0.5) is 17.5 Å². The third-order valence-corrected chi connectivity index (χ3v) is 4.86. The Morgan fingerprint density at radius 3 is 2.58 bits per heavy atom. The molecule has 0 amide bonds. The van der Waals surface area contributed by atoms with Gasteiger partial charge in [-0.3, -0.25) is 0 Å². The van der Waals surface area contributed by atoms with Gasteiger partial charge in [0.1, 0.15) is 11.6 Å². The molecule has 2 aliphatic rings. The summed E-state index contributed by atoms with van der Waals surface area (Å²) in [5.74, 6) is 1.87. The summed E-state index contributed by atoms with van der Waals surface area (Å²) in [6, 6.07) is 9.76. The number of ether oxygens (including phenoxy) is 3. The van der Waals surface area contributed by atoms with Gasteiger partial charge in [-0.15, -0.1) is 0 Å². The van der Waals surface area contributed by atoms with Crippen molar-refractivity contribution in [3.63, 3.8) is 0 Å². The van der Waals surface area contributed by atoms with Gasteiger partial charge in [0.15, 0.2) is 5.79 Å². The highest BCUT2D eigenvalue weighted by atomic mass is 16.7. The van der Waals surface area contributed by atoms with Crippen molar-refractivity contribution in [2.24, 2.45) is 0 Å². The van der Waals surface area contributed by atoms with Crippen LogP contribution >= 0.6 is 0 Å². The number of piperidine rings is 1. The van der Waals surface area contributed by atoms with Crippen molar-refractivity contribution in [2.45, 2.75) is 25.6 Å². The van der Waals surface area contributed by atoms with E-state index in [-0.39, 0.29) is 5.79 Å². The first-order valence-corrected chi connectivity index (χ1v) is 8.96. The van der Waals surface area contributed by atoms with E-state index in [0.29, 0.717) is 19.2 Å². The lowest BCUT2D eigenvalue weighted by Gasteiger charge is -2.38. The van der Waals surface area contributed by atoms with Gasteiger partial charge in [0.05, 0.1) is 26.0 Å². The molecule has 138 valence electrons. The number of aryl methyl sites for hydroxylation is 1. The standard InChI is InChI=1S/C19H24N4O3/c1-14-13-17(23-9-7-19(8-10-23)25-11-12-26-19)22-18(20-14)21-15-5-3-4-6-16(15)24-2/h3-6,13H,7-12H2,1-2H3,(H,20,21,22). The van der Waals surface area contributed by atoms with E-state index < -0.39 is 0 Å². The van der Waals surface area contributed by atoms with Crippen LogP contribution in [0, 0.1) is 6.92 Å². The first-order chi connectivity index (χ1) is 12.7. The molecule has 0 radical (unpaired) electrons. The molecule has 0 aliphatic carbocycles. The number of rotatable bonds is 4. The summed E-state index contributed by atoms with van der Waals surface area (Å²) in [7, 11) is 1.65. The molecule has 4 rings (SSSR count). The van der Waals surface area contributed by atoms with Crippen molar-refractivity contribution >= 4 is 17.5 Å². The monoisotopic (exact) mass is 356 g/mol. The minimum atomic E-state index is -0.378. The third-order valence-electron chi connectivity index (χ3n) is 4.86. The molecule has 3 heterocycles. The Bertz CT molecular complexity index is 767. The van der Waals surface area contributed by atoms with Crippen LogP contribution < -0.4 is 15.0 Å². The minimum absolute atomic E-state index is 0.378. The van der Waals surface area contributed by atoms with Gasteiger partial charge in [0, 0.05) is 37.7 Å². The predicted octanol–water partition coefficient (Wildman–Crippen LogP) is 2.88. The molecular formula is C19H24N4O3. The number of anilines is 3. The molecule has 2 aromatic rings. The number of hydrogen-bond donors (Lipinski definition) is 1. The number of methoxy groups -OCH3 is 1. The molecular weight excluding hydrogens is 332 g/mol. The van der Waals surface area contributed by atoms with Crippen molar-refractivity contribution in [1.82, 2.24) is 9.97 Å². The van der Waals surface area contributed by atoms with E-state index in [1.807, 2.05) is 37.3 Å². The van der Waals surface area contributed by atoms with Crippen molar-refractivity contribution in [3.05, 3.63) is 36.0 Å². The van der Waals surface area contributed by atoms with Gasteiger partial charge < -0.3 is 24.4 Å². The first-order valence-electron chi connectivity index (χ1n) is 8.96. The van der Waals surface area contributed by atoms with E-state index in [1.54, 1.807) is 7.11 Å². The van der Waals surface area contributed by atoms with Crippen molar-refractivity contribution < 1.29 is 14.2 Å². The van der Waals surface area contributed by atoms with Crippen molar-refractivity contribution in [2.75, 3.05) is 43.6 Å². The second-order valence-corrected chi connectivity index (χ2v) is 6.61. The Balaban J connectivity index is 1.51. The molecule has 7 heteroatoms. The van der Waals surface area contributed by atoms with Crippen LogP contribution in [0.25, 0.3) is 0 Å². The average molecular weight is 356 g/mol. The molecule has 0 saturated carbocycles. The highest BCUT2D eigenvalue weighted by molar-refractivity contribution is 5.63. The number of hydrogen-bond acceptors (Lipinski definition) is 7. The number of benzene rings is 1. The van der Waals surface area contributed by atoms with Crippen LogP contribution in [0.2, 0.25) is 0 Å². The molecule has 1 spiro atoms. The van der Waals surface area contributed by atoms with Crippen molar-refractivity contribution in [3.8, 4) is 5.75 Å². The van der Waals surface area contributed by atoms with Gasteiger partial charge in [-0.25, -0.2) is 4.98 Å². The van der Waals surface area contributed by atoms with Gasteiger partial charge >= 0.3 is 0 Å². The van der Waals surface area contributed by atoms with Gasteiger partial charge in [-0.2, -0.15) is 4.98 Å². The number of aromatic nitrogens is 2. The zero-order valence-electron chi connectivity index (χ0n) is 15.2. The fourth-order valence-electron chi connectivity index (χ4n) is 3.50. The Morgan fingerprint density at radius 2 is 1.85 bits per heavy atom. The summed E-state index contributed by atoms with van der Waals surface area (Å²) in [6.07, 6.45) is 1.71. The minimum Gasteiger partial charge on any atom is -0.495 e. The summed E-state index contributed by atoms with van der Waals surface area (Å²) in [4.78, 5) is 11.5. The lowest BCUT2D eigenvalue weighted by Crippen LogP contribution is -2.45. The summed E-state index contributed by atoms with van der Waals surface area (Å²) >= 11 is 0. The van der Waals surface area contributed by atoms with Gasteiger partial charge in [0.25, 0.3) is 0 Å². The molecule has 1 aromatic heterocycles. The van der Waals surface area contributed by atoms with E-state index in [4.69, 9.17) is 19.2 Å². The lowest BCUT2D eigenvalue weighted by molar-refractivity contribution is -0.169. The highest BCUT2D eigenvalue weighted by Gasteiger charge is 2.40. The average Bonchev–Trinajstić information content (AvgIpc) is 3.10. The van der Waals surface area contributed by atoms with Gasteiger partial charge in [-0.1, -0.05) is 12.1 Å². The number of para-hydroxylation sites is 2. The zero-order chi connectivity index (χ0) is 18.0. The maximum absolute atomic E-state index is 5.81. The first kappa shape index (κ1) is 17.1. The van der Waals surface area contributed by atoms with Gasteiger partial charge in [0.2, 0.25) is 5.95 Å². The summed E-state index contributed by atoms with van der Waals surface area (Å²) < 4.78 is 17.0. The van der Waals surface area contributed by atoms with Crippen molar-refractivity contribution in [1.29, 1.82) is 0 Å². The highest BCUT2D eigenvalue weighted by Crippen LogP contribution is 2.33.